The highest BCUT2D eigenvalue weighted by Gasteiger charge is 2.46. The lowest BCUT2D eigenvalue weighted by Crippen LogP contribution is -2.42. The van der Waals surface area contributed by atoms with Crippen molar-refractivity contribution in [3.8, 4) is 44.9 Å². The molecule has 1 aliphatic heterocycles. The van der Waals surface area contributed by atoms with Crippen molar-refractivity contribution in [2.75, 3.05) is 16.5 Å². The molecule has 310 valence electrons. The SMILES string of the molecule is [2H]C([2H])([2H])c1cc(-c2ccccc2)c(N2CN(c3cccc(Oc4ccc5c6cc(-c7ccccc7)cc7c6c6c(cnn6c5c4)C(C)(C)C7(C)C)c3)c3ccccc32)c(-c2ccccc2)c1. The third-order valence-electron chi connectivity index (χ3n) is 14.3. The van der Waals surface area contributed by atoms with Gasteiger partial charge in [0.25, 0.3) is 0 Å². The van der Waals surface area contributed by atoms with Gasteiger partial charge in [0.05, 0.1) is 34.3 Å². The van der Waals surface area contributed by atoms with Gasteiger partial charge in [-0.3, -0.25) is 0 Å². The molecule has 64 heavy (non-hydrogen) atoms. The molecule has 0 bridgehead atoms. The summed E-state index contributed by atoms with van der Waals surface area (Å²) in [6.07, 6.45) is 2.08. The Morgan fingerprint density at radius 3 is 1.81 bits per heavy atom. The fourth-order valence-corrected chi connectivity index (χ4v) is 10.4. The summed E-state index contributed by atoms with van der Waals surface area (Å²) < 4.78 is 34.5. The Hall–Kier alpha value is -7.63. The molecule has 0 atom stereocenters. The van der Waals surface area contributed by atoms with Gasteiger partial charge in [-0.25, -0.2) is 4.52 Å². The zero-order valence-corrected chi connectivity index (χ0v) is 36.3. The lowest BCUT2D eigenvalue weighted by Gasteiger charge is -2.45. The minimum Gasteiger partial charge on any atom is -0.457 e. The summed E-state index contributed by atoms with van der Waals surface area (Å²) in [6, 6.07) is 62.4. The van der Waals surface area contributed by atoms with Crippen molar-refractivity contribution in [3.05, 3.63) is 205 Å². The quantitative estimate of drug-likeness (QED) is 0.150. The van der Waals surface area contributed by atoms with Gasteiger partial charge in [0, 0.05) is 54.8 Å². The number of nitrogens with zero attached hydrogens (tertiary/aromatic N) is 4. The van der Waals surface area contributed by atoms with Crippen molar-refractivity contribution in [2.24, 2.45) is 0 Å². The van der Waals surface area contributed by atoms with Gasteiger partial charge in [-0.05, 0) is 112 Å². The maximum absolute atomic E-state index is 8.51. The van der Waals surface area contributed by atoms with Crippen molar-refractivity contribution < 1.29 is 8.85 Å². The Morgan fingerprint density at radius 1 is 0.531 bits per heavy atom. The second-order valence-corrected chi connectivity index (χ2v) is 18.3. The molecule has 0 fully saturated rings. The zero-order valence-electron chi connectivity index (χ0n) is 39.3. The van der Waals surface area contributed by atoms with Crippen LogP contribution in [0.3, 0.4) is 0 Å². The highest BCUT2D eigenvalue weighted by atomic mass is 16.5. The van der Waals surface area contributed by atoms with Gasteiger partial charge in [0.1, 0.15) is 18.2 Å². The first-order valence-electron chi connectivity index (χ1n) is 23.6. The van der Waals surface area contributed by atoms with Crippen LogP contribution in [0.4, 0.5) is 22.7 Å². The minimum atomic E-state index is -2.30. The first kappa shape index (κ1) is 34.9. The Labute approximate surface area is 378 Å². The number of pyridine rings is 1. The number of aromatic nitrogens is 2. The maximum atomic E-state index is 8.51. The van der Waals surface area contributed by atoms with Crippen molar-refractivity contribution in [3.63, 3.8) is 0 Å². The molecule has 3 heterocycles. The third kappa shape index (κ3) is 5.73. The molecule has 12 rings (SSSR count). The molecule has 2 aromatic heterocycles. The van der Waals surface area contributed by atoms with E-state index in [-0.39, 0.29) is 10.8 Å². The highest BCUT2D eigenvalue weighted by Crippen LogP contribution is 2.55. The predicted octanol–water partition coefficient (Wildman–Crippen LogP) is 15.6. The van der Waals surface area contributed by atoms with E-state index in [0.29, 0.717) is 18.0 Å². The monoisotopic (exact) mass is 831 g/mol. The first-order valence-corrected chi connectivity index (χ1v) is 22.1. The second kappa shape index (κ2) is 14.2. The highest BCUT2D eigenvalue weighted by molar-refractivity contribution is 6.17. The molecule has 10 aromatic rings. The topological polar surface area (TPSA) is 33.0 Å². The van der Waals surface area contributed by atoms with Crippen molar-refractivity contribution >= 4 is 49.9 Å². The number of fused-ring (bicyclic) bond motifs is 4. The summed E-state index contributed by atoms with van der Waals surface area (Å²) >= 11 is 0. The molecule has 2 aliphatic rings. The van der Waals surface area contributed by atoms with Crippen LogP contribution < -0.4 is 14.5 Å². The summed E-state index contributed by atoms with van der Waals surface area (Å²) in [4.78, 5) is 4.62. The van der Waals surface area contributed by atoms with E-state index in [2.05, 4.69) is 170 Å². The van der Waals surface area contributed by atoms with E-state index in [0.717, 1.165) is 67.2 Å². The molecular weight excluding hydrogens is 781 g/mol. The predicted molar refractivity (Wildman–Crippen MR) is 266 cm³/mol. The molecule has 5 nitrogen and oxygen atoms in total. The van der Waals surface area contributed by atoms with Crippen LogP contribution in [0.5, 0.6) is 11.5 Å². The number of anilines is 4. The molecule has 0 spiro atoms. The van der Waals surface area contributed by atoms with E-state index in [1.54, 1.807) is 0 Å². The number of hydrogen-bond acceptors (Lipinski definition) is 4. The largest absolute Gasteiger partial charge is 0.457 e. The molecule has 5 heteroatoms. The molecule has 0 radical (unpaired) electrons. The van der Waals surface area contributed by atoms with E-state index in [1.165, 1.54) is 33.0 Å². The van der Waals surface area contributed by atoms with Crippen LogP contribution in [-0.2, 0) is 10.8 Å². The Balaban J connectivity index is 0.959. The summed E-state index contributed by atoms with van der Waals surface area (Å²) in [5.41, 5.74) is 14.7. The van der Waals surface area contributed by atoms with Gasteiger partial charge < -0.3 is 14.5 Å². The standard InChI is InChI=1S/C59H48N4O/c1-38-30-47(40-20-11-7-12-21-40)56(48(31-38)41-22-13-8-14-23-41)62-37-61(52-26-15-16-27-53(52)62)43-24-17-25-44(34-43)64-45-28-29-46-49-32-42(39-18-9-6-10-19-39)33-50-55(49)57-51(59(4,5)58(50,2)3)36-60-63(57)54(46)35-45/h6-36H,37H2,1-5H3/i1D3. The van der Waals surface area contributed by atoms with Crippen LogP contribution in [-0.4, -0.2) is 16.3 Å². The molecule has 1 aliphatic carbocycles. The van der Waals surface area contributed by atoms with E-state index in [1.807, 2.05) is 60.7 Å². The average molecular weight is 832 g/mol. The smallest absolute Gasteiger partial charge is 0.129 e. The summed E-state index contributed by atoms with van der Waals surface area (Å²) in [7, 11) is 0. The number of aryl methyl sites for hydroxylation is 1. The van der Waals surface area contributed by atoms with Gasteiger partial charge >= 0.3 is 0 Å². The van der Waals surface area contributed by atoms with Gasteiger partial charge in [-0.2, -0.15) is 5.10 Å². The number of para-hydroxylation sites is 2. The number of hydrogen-bond donors (Lipinski definition) is 0. The molecule has 0 amide bonds. The van der Waals surface area contributed by atoms with Crippen molar-refractivity contribution in [1.82, 2.24) is 9.61 Å². The Kier molecular flexibility index (Phi) is 7.74. The van der Waals surface area contributed by atoms with Gasteiger partial charge in [-0.15, -0.1) is 0 Å². The van der Waals surface area contributed by atoms with E-state index < -0.39 is 6.85 Å². The Bertz CT molecular complexity index is 3520. The van der Waals surface area contributed by atoms with E-state index in [9.17, 15) is 0 Å². The van der Waals surface area contributed by atoms with Crippen LogP contribution >= 0.6 is 0 Å². The maximum Gasteiger partial charge on any atom is 0.129 e. The molecule has 0 saturated carbocycles. The number of benzene rings is 8. The van der Waals surface area contributed by atoms with Gasteiger partial charge in [0.2, 0.25) is 0 Å². The van der Waals surface area contributed by atoms with Crippen LogP contribution in [0.25, 0.3) is 60.6 Å². The minimum absolute atomic E-state index is 0.153. The van der Waals surface area contributed by atoms with Crippen molar-refractivity contribution in [1.29, 1.82) is 0 Å². The molecule has 0 N–H and O–H groups in total. The Morgan fingerprint density at radius 2 is 1.14 bits per heavy atom. The van der Waals surface area contributed by atoms with Crippen LogP contribution in [0.15, 0.2) is 188 Å². The fourth-order valence-electron chi connectivity index (χ4n) is 10.4. The molecule has 8 aromatic carbocycles. The summed E-state index contributed by atoms with van der Waals surface area (Å²) in [5, 5.41) is 8.71. The van der Waals surface area contributed by atoms with E-state index >= 15 is 0 Å². The van der Waals surface area contributed by atoms with E-state index in [4.69, 9.17) is 13.9 Å². The lowest BCUT2D eigenvalue weighted by atomic mass is 9.57. The summed E-state index contributed by atoms with van der Waals surface area (Å²) in [6.45, 7) is 7.63. The second-order valence-electron chi connectivity index (χ2n) is 18.3. The summed E-state index contributed by atoms with van der Waals surface area (Å²) in [5.74, 6) is 1.43. The van der Waals surface area contributed by atoms with Crippen LogP contribution in [0.2, 0.25) is 0 Å². The number of rotatable bonds is 7. The molecule has 0 saturated heterocycles. The average Bonchev–Trinajstić information content (AvgIpc) is 3.98. The fraction of sp³-hybridized carbons (Fsp3) is 0.136. The molecular formula is C59H48N4O. The normalized spacial score (nSPS) is 15.7. The zero-order chi connectivity index (χ0) is 45.8. The number of ether oxygens (including phenoxy) is 1. The third-order valence-corrected chi connectivity index (χ3v) is 14.3. The van der Waals surface area contributed by atoms with Crippen molar-refractivity contribution in [2.45, 2.75) is 45.4 Å². The van der Waals surface area contributed by atoms with Crippen LogP contribution in [0, 0.1) is 6.85 Å². The molecule has 0 unspecified atom stereocenters. The first-order chi connectivity index (χ1) is 32.4. The van der Waals surface area contributed by atoms with Crippen LogP contribution in [0.1, 0.15) is 48.5 Å². The van der Waals surface area contributed by atoms with Gasteiger partial charge in [0.15, 0.2) is 0 Å². The van der Waals surface area contributed by atoms with Gasteiger partial charge in [-0.1, -0.05) is 137 Å². The lowest BCUT2D eigenvalue weighted by molar-refractivity contribution is 0.304.